The first-order chi connectivity index (χ1) is 15.2. The molecule has 32 heavy (non-hydrogen) atoms. The van der Waals surface area contributed by atoms with Crippen LogP contribution in [-0.2, 0) is 14.6 Å². The molecule has 0 amide bonds. The number of hydrogen-bond acceptors (Lipinski definition) is 7. The molecule has 0 saturated heterocycles. The lowest BCUT2D eigenvalue weighted by atomic mass is 9.94. The maximum Gasteiger partial charge on any atom is 0.307 e. The number of nitrogens with zero attached hydrogens (tertiary/aromatic N) is 4. The summed E-state index contributed by atoms with van der Waals surface area (Å²) in [5.74, 6) is -1.59. The molecule has 0 radical (unpaired) electrons. The second-order valence-corrected chi connectivity index (χ2v) is 9.16. The zero-order chi connectivity index (χ0) is 23.0. The molecular formula is C22H19FN4O4S. The minimum Gasteiger partial charge on any atom is -0.481 e. The first-order valence-corrected chi connectivity index (χ1v) is 11.1. The molecule has 1 aliphatic carbocycles. The number of pyridine rings is 2. The van der Waals surface area contributed by atoms with Crippen LogP contribution in [0.4, 0.5) is 15.9 Å². The first-order valence-electron chi connectivity index (χ1n) is 9.65. The zero-order valence-corrected chi connectivity index (χ0v) is 18.1. The molecule has 0 spiro atoms. The van der Waals surface area contributed by atoms with E-state index >= 15 is 0 Å². The van der Waals surface area contributed by atoms with Crippen molar-refractivity contribution in [3.05, 3.63) is 76.5 Å². The van der Waals surface area contributed by atoms with Gasteiger partial charge in [-0.2, -0.15) is 0 Å². The number of allylic oxidation sites excluding steroid dienone is 4. The lowest BCUT2D eigenvalue weighted by Crippen LogP contribution is -2.18. The van der Waals surface area contributed by atoms with Crippen molar-refractivity contribution < 1.29 is 22.7 Å². The molecule has 1 N–H and O–H groups in total. The van der Waals surface area contributed by atoms with Gasteiger partial charge in [-0.1, -0.05) is 0 Å². The summed E-state index contributed by atoms with van der Waals surface area (Å²) in [7, 11) is -2.56. The lowest BCUT2D eigenvalue weighted by molar-refractivity contribution is -0.136. The average Bonchev–Trinajstić information content (AvgIpc) is 3.08. The van der Waals surface area contributed by atoms with Crippen LogP contribution in [0.2, 0.25) is 0 Å². The van der Waals surface area contributed by atoms with Crippen molar-refractivity contribution in [2.45, 2.75) is 24.7 Å². The number of sulfone groups is 1. The number of aliphatic carboxylic acids is 1. The zero-order valence-electron chi connectivity index (χ0n) is 17.3. The molecule has 0 saturated carbocycles. The quantitative estimate of drug-likeness (QED) is 0.707. The minimum atomic E-state index is -4.33. The third-order valence-corrected chi connectivity index (χ3v) is 7.07. The van der Waals surface area contributed by atoms with E-state index < -0.39 is 33.0 Å². The fourth-order valence-electron chi connectivity index (χ4n) is 3.67. The van der Waals surface area contributed by atoms with E-state index in [1.807, 2.05) is 0 Å². The normalized spacial score (nSPS) is 16.0. The number of hydrogen-bond donors (Lipinski definition) is 1. The van der Waals surface area contributed by atoms with Gasteiger partial charge in [0, 0.05) is 49.0 Å². The highest BCUT2D eigenvalue weighted by atomic mass is 32.2. The molecule has 8 nitrogen and oxygen atoms in total. The van der Waals surface area contributed by atoms with Crippen molar-refractivity contribution in [2.24, 2.45) is 4.99 Å². The first kappa shape index (κ1) is 21.6. The Morgan fingerprint density at radius 2 is 1.94 bits per heavy atom. The predicted octanol–water partition coefficient (Wildman–Crippen LogP) is 3.73. The minimum absolute atomic E-state index is 0.0443. The molecule has 2 aliphatic rings. The molecule has 1 aliphatic heterocycles. The Morgan fingerprint density at radius 1 is 1.22 bits per heavy atom. The van der Waals surface area contributed by atoms with Gasteiger partial charge in [0.05, 0.1) is 17.0 Å². The highest BCUT2D eigenvalue weighted by Gasteiger charge is 2.37. The fraction of sp³-hybridized carbons (Fsp3) is 0.182. The third kappa shape index (κ3) is 3.73. The van der Waals surface area contributed by atoms with Crippen molar-refractivity contribution in [1.29, 1.82) is 0 Å². The predicted molar refractivity (Wildman–Crippen MR) is 117 cm³/mol. The largest absolute Gasteiger partial charge is 0.481 e. The molecule has 2 aromatic rings. The van der Waals surface area contributed by atoms with Crippen LogP contribution in [0.5, 0.6) is 0 Å². The van der Waals surface area contributed by atoms with Gasteiger partial charge in [-0.25, -0.2) is 17.8 Å². The number of aliphatic imine (C=N–C) groups is 1. The maximum absolute atomic E-state index is 14.9. The van der Waals surface area contributed by atoms with E-state index in [0.29, 0.717) is 17.2 Å². The van der Waals surface area contributed by atoms with Crippen molar-refractivity contribution in [3.8, 4) is 0 Å². The maximum atomic E-state index is 14.9. The van der Waals surface area contributed by atoms with Crippen molar-refractivity contribution >= 4 is 33.0 Å². The Balaban J connectivity index is 1.77. The topological polar surface area (TPSA) is 113 Å². The summed E-state index contributed by atoms with van der Waals surface area (Å²) < 4.78 is 41.7. The number of halogens is 1. The molecule has 0 atom stereocenters. The number of rotatable bonds is 6. The van der Waals surface area contributed by atoms with Gasteiger partial charge in [-0.3, -0.25) is 14.8 Å². The van der Waals surface area contributed by atoms with Gasteiger partial charge in [-0.05, 0) is 42.8 Å². The van der Waals surface area contributed by atoms with E-state index in [0.717, 1.165) is 18.0 Å². The van der Waals surface area contributed by atoms with Crippen molar-refractivity contribution in [3.63, 3.8) is 0 Å². The Morgan fingerprint density at radius 3 is 2.56 bits per heavy atom. The fourth-order valence-corrected chi connectivity index (χ4v) is 5.20. The lowest BCUT2D eigenvalue weighted by Gasteiger charge is -2.20. The number of aromatic nitrogens is 2. The van der Waals surface area contributed by atoms with Gasteiger partial charge in [0.1, 0.15) is 16.5 Å². The Hall–Kier alpha value is -3.66. The second kappa shape index (κ2) is 8.12. The van der Waals surface area contributed by atoms with E-state index in [-0.39, 0.29) is 22.5 Å². The summed E-state index contributed by atoms with van der Waals surface area (Å²) in [4.78, 5) is 24.8. The molecule has 4 rings (SSSR count). The molecule has 0 fully saturated rings. The highest BCUT2D eigenvalue weighted by molar-refractivity contribution is 7.95. The summed E-state index contributed by atoms with van der Waals surface area (Å²) in [6, 6.07) is 6.43. The molecule has 0 aromatic carbocycles. The van der Waals surface area contributed by atoms with E-state index in [2.05, 4.69) is 15.0 Å². The van der Waals surface area contributed by atoms with E-state index in [4.69, 9.17) is 0 Å². The summed E-state index contributed by atoms with van der Waals surface area (Å²) in [6.07, 6.45) is 5.20. The monoisotopic (exact) mass is 454 g/mol. The molecule has 2 aromatic heterocycles. The molecule has 0 unspecified atom stereocenters. The van der Waals surface area contributed by atoms with Gasteiger partial charge in [0.15, 0.2) is 0 Å². The average molecular weight is 454 g/mol. The van der Waals surface area contributed by atoms with Crippen molar-refractivity contribution in [1.82, 2.24) is 9.97 Å². The van der Waals surface area contributed by atoms with E-state index in [9.17, 15) is 22.7 Å². The van der Waals surface area contributed by atoms with Crippen LogP contribution in [0, 0.1) is 0 Å². The summed E-state index contributed by atoms with van der Waals surface area (Å²) in [5, 5.41) is 9.25. The summed E-state index contributed by atoms with van der Waals surface area (Å²) in [5.41, 5.74) is 1.78. The van der Waals surface area contributed by atoms with Gasteiger partial charge in [0.25, 0.3) is 0 Å². The Labute approximate surface area is 184 Å². The van der Waals surface area contributed by atoms with Crippen molar-refractivity contribution in [2.75, 3.05) is 11.9 Å². The standard InChI is InChI=1S/C22H19FN4O4S/c1-13-16(11-20(28)29)21-18(26-13)5-4-17(23)22(21)32(30,31)15-3-6-19(25-12-15)27(2)14-7-9-24-10-8-14/h3-4,6-10,12H,5,11H2,1-2H3,(H,28,29). The summed E-state index contributed by atoms with van der Waals surface area (Å²) >= 11 is 0. The van der Waals surface area contributed by atoms with Gasteiger partial charge >= 0.3 is 5.97 Å². The smallest absolute Gasteiger partial charge is 0.307 e. The number of anilines is 2. The van der Waals surface area contributed by atoms with Crippen LogP contribution in [0.1, 0.15) is 19.8 Å². The molecule has 0 bridgehead atoms. The Kier molecular flexibility index (Phi) is 5.47. The van der Waals surface area contributed by atoms with Crippen LogP contribution in [-0.4, -0.2) is 42.2 Å². The highest BCUT2D eigenvalue weighted by Crippen LogP contribution is 2.41. The Bertz CT molecular complexity index is 1330. The summed E-state index contributed by atoms with van der Waals surface area (Å²) in [6.45, 7) is 1.59. The number of carboxylic acids is 1. The van der Waals surface area contributed by atoms with Crippen LogP contribution >= 0.6 is 0 Å². The molecule has 10 heteroatoms. The van der Waals surface area contributed by atoms with E-state index in [1.165, 1.54) is 12.1 Å². The van der Waals surface area contributed by atoms with Crippen LogP contribution < -0.4 is 4.90 Å². The van der Waals surface area contributed by atoms with Crippen LogP contribution in [0.15, 0.2) is 86.4 Å². The molecule has 164 valence electrons. The van der Waals surface area contributed by atoms with Gasteiger partial charge in [-0.15, -0.1) is 0 Å². The van der Waals surface area contributed by atoms with E-state index in [1.54, 1.807) is 43.4 Å². The number of carbonyl (C=O) groups is 1. The van der Waals surface area contributed by atoms with Gasteiger partial charge < -0.3 is 10.0 Å². The van der Waals surface area contributed by atoms with Gasteiger partial charge in [0.2, 0.25) is 9.84 Å². The second-order valence-electron chi connectivity index (χ2n) is 7.27. The van der Waals surface area contributed by atoms with Crippen LogP contribution in [0.3, 0.4) is 0 Å². The molecule has 3 heterocycles. The number of fused-ring (bicyclic) bond motifs is 1. The van der Waals surface area contributed by atoms with Crippen LogP contribution in [0.25, 0.3) is 0 Å². The molecular weight excluding hydrogens is 435 g/mol. The third-order valence-electron chi connectivity index (χ3n) is 5.27. The number of carboxylic acid groups (broad SMARTS) is 1. The SMILES string of the molecule is CC1=C(CC(=O)O)C2=C(S(=O)(=O)c3ccc(N(C)c4ccncc4)nc3)C(F)=CCC2=N1.